The fraction of sp³-hybridized carbons (Fsp3) is 0.625. The fourth-order valence-corrected chi connectivity index (χ4v) is 3.34. The SMILES string of the molecule is COc1ccc([N+](=O)[O-])cc1CN(C)C1CCCCC1C. The highest BCUT2D eigenvalue weighted by atomic mass is 16.6. The largest absolute Gasteiger partial charge is 0.496 e. The molecule has 2 rings (SSSR count). The van der Waals surface area contributed by atoms with Gasteiger partial charge in [0.2, 0.25) is 0 Å². The van der Waals surface area contributed by atoms with E-state index in [-0.39, 0.29) is 10.6 Å². The molecular formula is C16H24N2O3. The van der Waals surface area contributed by atoms with Gasteiger partial charge in [-0.25, -0.2) is 0 Å². The molecule has 5 nitrogen and oxygen atoms in total. The Balaban J connectivity index is 2.16. The van der Waals surface area contributed by atoms with E-state index in [4.69, 9.17) is 4.74 Å². The van der Waals surface area contributed by atoms with Crippen LogP contribution in [0.25, 0.3) is 0 Å². The molecule has 1 aliphatic carbocycles. The van der Waals surface area contributed by atoms with Crippen molar-refractivity contribution in [3.63, 3.8) is 0 Å². The monoisotopic (exact) mass is 292 g/mol. The Kier molecular flexibility index (Phi) is 5.17. The lowest BCUT2D eigenvalue weighted by atomic mass is 9.85. The molecular weight excluding hydrogens is 268 g/mol. The molecule has 1 fully saturated rings. The van der Waals surface area contributed by atoms with E-state index in [1.807, 2.05) is 0 Å². The number of nitro groups is 1. The highest BCUT2D eigenvalue weighted by Crippen LogP contribution is 2.30. The molecule has 21 heavy (non-hydrogen) atoms. The molecule has 2 unspecified atom stereocenters. The Hall–Kier alpha value is -1.62. The van der Waals surface area contributed by atoms with Gasteiger partial charge >= 0.3 is 0 Å². The summed E-state index contributed by atoms with van der Waals surface area (Å²) in [6.45, 7) is 2.98. The number of hydrogen-bond donors (Lipinski definition) is 0. The van der Waals surface area contributed by atoms with Gasteiger partial charge in [-0.15, -0.1) is 0 Å². The third kappa shape index (κ3) is 3.73. The highest BCUT2D eigenvalue weighted by Gasteiger charge is 2.25. The summed E-state index contributed by atoms with van der Waals surface area (Å²) in [5.74, 6) is 1.39. The van der Waals surface area contributed by atoms with Crippen molar-refractivity contribution in [3.05, 3.63) is 33.9 Å². The van der Waals surface area contributed by atoms with E-state index in [0.717, 1.165) is 11.3 Å². The van der Waals surface area contributed by atoms with Crippen molar-refractivity contribution in [1.82, 2.24) is 4.90 Å². The van der Waals surface area contributed by atoms with Gasteiger partial charge in [0, 0.05) is 30.3 Å². The number of ether oxygens (including phenoxy) is 1. The fourth-order valence-electron chi connectivity index (χ4n) is 3.34. The van der Waals surface area contributed by atoms with Crippen molar-refractivity contribution in [1.29, 1.82) is 0 Å². The third-order valence-corrected chi connectivity index (χ3v) is 4.53. The second-order valence-corrected chi connectivity index (χ2v) is 6.00. The first-order valence-corrected chi connectivity index (χ1v) is 7.54. The van der Waals surface area contributed by atoms with Gasteiger partial charge in [0.15, 0.2) is 0 Å². The first-order valence-electron chi connectivity index (χ1n) is 7.54. The first kappa shape index (κ1) is 15.8. The lowest BCUT2D eigenvalue weighted by Gasteiger charge is -2.36. The van der Waals surface area contributed by atoms with E-state index in [0.29, 0.717) is 18.5 Å². The van der Waals surface area contributed by atoms with Crippen LogP contribution in [0.3, 0.4) is 0 Å². The van der Waals surface area contributed by atoms with Crippen LogP contribution in [0, 0.1) is 16.0 Å². The van der Waals surface area contributed by atoms with Gasteiger partial charge in [0.25, 0.3) is 5.69 Å². The van der Waals surface area contributed by atoms with Crippen molar-refractivity contribution >= 4 is 5.69 Å². The average molecular weight is 292 g/mol. The van der Waals surface area contributed by atoms with Crippen molar-refractivity contribution in [2.24, 2.45) is 5.92 Å². The Labute approximate surface area is 126 Å². The smallest absolute Gasteiger partial charge is 0.270 e. The predicted octanol–water partition coefficient (Wildman–Crippen LogP) is 3.61. The van der Waals surface area contributed by atoms with Crippen LogP contribution < -0.4 is 4.74 Å². The molecule has 1 aliphatic rings. The molecule has 0 spiro atoms. The van der Waals surface area contributed by atoms with Crippen LogP contribution in [-0.2, 0) is 6.54 Å². The molecule has 0 heterocycles. The summed E-state index contributed by atoms with van der Waals surface area (Å²) in [7, 11) is 3.71. The van der Waals surface area contributed by atoms with Gasteiger partial charge in [0.1, 0.15) is 5.75 Å². The van der Waals surface area contributed by atoms with E-state index in [1.54, 1.807) is 19.2 Å². The Morgan fingerprint density at radius 3 is 2.71 bits per heavy atom. The highest BCUT2D eigenvalue weighted by molar-refractivity contribution is 5.43. The van der Waals surface area contributed by atoms with E-state index >= 15 is 0 Å². The first-order chi connectivity index (χ1) is 10.0. The average Bonchev–Trinajstić information content (AvgIpc) is 2.47. The maximum atomic E-state index is 10.9. The maximum absolute atomic E-state index is 10.9. The third-order valence-electron chi connectivity index (χ3n) is 4.53. The summed E-state index contributed by atoms with van der Waals surface area (Å²) in [6, 6.07) is 5.35. The summed E-state index contributed by atoms with van der Waals surface area (Å²) in [5, 5.41) is 10.9. The molecule has 1 saturated carbocycles. The number of rotatable bonds is 5. The number of nitro benzene ring substituents is 1. The number of benzene rings is 1. The molecule has 0 radical (unpaired) electrons. The van der Waals surface area contributed by atoms with E-state index in [9.17, 15) is 10.1 Å². The number of hydrogen-bond acceptors (Lipinski definition) is 4. The number of non-ortho nitro benzene ring substituents is 1. The normalized spacial score (nSPS) is 22.3. The van der Waals surface area contributed by atoms with Gasteiger partial charge in [-0.05, 0) is 31.9 Å². The van der Waals surface area contributed by atoms with Gasteiger partial charge < -0.3 is 4.74 Å². The van der Waals surface area contributed by atoms with Gasteiger partial charge in [-0.3, -0.25) is 15.0 Å². The van der Waals surface area contributed by atoms with Gasteiger partial charge in [0.05, 0.1) is 12.0 Å². The Morgan fingerprint density at radius 1 is 1.38 bits per heavy atom. The van der Waals surface area contributed by atoms with Crippen molar-refractivity contribution in [2.45, 2.75) is 45.2 Å². The van der Waals surface area contributed by atoms with Crippen LogP contribution in [0.1, 0.15) is 38.2 Å². The molecule has 0 bridgehead atoms. The molecule has 2 atom stereocenters. The molecule has 0 saturated heterocycles. The maximum Gasteiger partial charge on any atom is 0.270 e. The van der Waals surface area contributed by atoms with Crippen LogP contribution in [0.15, 0.2) is 18.2 Å². The standard InChI is InChI=1S/C16H24N2O3/c1-12-6-4-5-7-15(12)17(2)11-13-10-14(18(19)20)8-9-16(13)21-3/h8-10,12,15H,4-7,11H2,1-3H3. The quantitative estimate of drug-likeness (QED) is 0.614. The zero-order valence-electron chi connectivity index (χ0n) is 13.0. The van der Waals surface area contributed by atoms with Crippen LogP contribution in [0.4, 0.5) is 5.69 Å². The molecule has 0 N–H and O–H groups in total. The van der Waals surface area contributed by atoms with Crippen LogP contribution in [0.5, 0.6) is 5.75 Å². The lowest BCUT2D eigenvalue weighted by Crippen LogP contribution is -2.38. The zero-order valence-corrected chi connectivity index (χ0v) is 13.0. The van der Waals surface area contributed by atoms with E-state index in [2.05, 4.69) is 18.9 Å². The molecule has 0 aliphatic heterocycles. The van der Waals surface area contributed by atoms with Crippen molar-refractivity contribution in [3.8, 4) is 5.75 Å². The second kappa shape index (κ2) is 6.89. The van der Waals surface area contributed by atoms with Crippen molar-refractivity contribution < 1.29 is 9.66 Å². The molecule has 1 aromatic carbocycles. The van der Waals surface area contributed by atoms with Crippen LogP contribution >= 0.6 is 0 Å². The molecule has 5 heteroatoms. The molecule has 116 valence electrons. The summed E-state index contributed by atoms with van der Waals surface area (Å²) in [6.07, 6.45) is 5.05. The molecule has 0 aromatic heterocycles. The zero-order chi connectivity index (χ0) is 15.4. The topological polar surface area (TPSA) is 55.6 Å². The van der Waals surface area contributed by atoms with E-state index < -0.39 is 0 Å². The minimum absolute atomic E-state index is 0.121. The summed E-state index contributed by atoms with van der Waals surface area (Å²) >= 11 is 0. The lowest BCUT2D eigenvalue weighted by molar-refractivity contribution is -0.385. The van der Waals surface area contributed by atoms with Crippen LogP contribution in [0.2, 0.25) is 0 Å². The minimum atomic E-state index is -0.355. The second-order valence-electron chi connectivity index (χ2n) is 6.00. The van der Waals surface area contributed by atoms with Crippen LogP contribution in [-0.4, -0.2) is 30.0 Å². The number of methoxy groups -OCH3 is 1. The van der Waals surface area contributed by atoms with Gasteiger partial charge in [-0.2, -0.15) is 0 Å². The van der Waals surface area contributed by atoms with E-state index in [1.165, 1.54) is 31.7 Å². The predicted molar refractivity (Wildman–Crippen MR) is 82.5 cm³/mol. The Morgan fingerprint density at radius 2 is 2.10 bits per heavy atom. The molecule has 1 aromatic rings. The van der Waals surface area contributed by atoms with Crippen molar-refractivity contribution in [2.75, 3.05) is 14.2 Å². The Bertz CT molecular complexity index is 504. The summed E-state index contributed by atoms with van der Waals surface area (Å²) in [5.41, 5.74) is 1.00. The van der Waals surface area contributed by atoms with Gasteiger partial charge in [-0.1, -0.05) is 19.8 Å². The number of nitrogens with zero attached hydrogens (tertiary/aromatic N) is 2. The summed E-state index contributed by atoms with van der Waals surface area (Å²) in [4.78, 5) is 12.9. The minimum Gasteiger partial charge on any atom is -0.496 e. The molecule has 0 amide bonds. The summed E-state index contributed by atoms with van der Waals surface area (Å²) < 4.78 is 5.35.